The molecule has 5 heteroatoms. The highest BCUT2D eigenvalue weighted by atomic mass is 19.1. The van der Waals surface area contributed by atoms with Crippen molar-refractivity contribution in [2.24, 2.45) is 10.9 Å². The first-order chi connectivity index (χ1) is 15.2. The Morgan fingerprint density at radius 2 is 1.74 bits per heavy atom. The van der Waals surface area contributed by atoms with Gasteiger partial charge < -0.3 is 4.74 Å². The van der Waals surface area contributed by atoms with E-state index in [0.717, 1.165) is 39.7 Å². The Balaban J connectivity index is 1.55. The van der Waals surface area contributed by atoms with Gasteiger partial charge in [-0.2, -0.15) is 5.10 Å². The maximum absolute atomic E-state index is 13.7. The number of hydrogen-bond donors (Lipinski definition) is 0. The van der Waals surface area contributed by atoms with Crippen molar-refractivity contribution in [1.82, 2.24) is 9.78 Å². The van der Waals surface area contributed by atoms with Gasteiger partial charge in [0.1, 0.15) is 11.6 Å². The molecule has 0 saturated carbocycles. The lowest BCUT2D eigenvalue weighted by Crippen LogP contribution is -2.38. The molecule has 4 nitrogen and oxygen atoms in total. The lowest BCUT2D eigenvalue weighted by atomic mass is 9.83. The first-order valence-electron chi connectivity index (χ1n) is 10.4. The van der Waals surface area contributed by atoms with Crippen molar-refractivity contribution in [1.29, 1.82) is 0 Å². The van der Waals surface area contributed by atoms with Gasteiger partial charge in [0.25, 0.3) is 0 Å². The minimum absolute atomic E-state index is 0.0152. The smallest absolute Gasteiger partial charge is 0.151 e. The quantitative estimate of drug-likeness (QED) is 0.424. The third-order valence-corrected chi connectivity index (χ3v) is 6.09. The van der Waals surface area contributed by atoms with E-state index in [1.807, 2.05) is 41.1 Å². The van der Waals surface area contributed by atoms with Crippen LogP contribution < -0.4 is 4.74 Å². The molecule has 3 heterocycles. The third kappa shape index (κ3) is 2.96. The van der Waals surface area contributed by atoms with Crippen molar-refractivity contribution in [3.8, 4) is 17.0 Å². The molecule has 4 aromatic rings. The van der Waals surface area contributed by atoms with Gasteiger partial charge in [-0.05, 0) is 36.8 Å². The van der Waals surface area contributed by atoms with Crippen LogP contribution in [0.1, 0.15) is 22.7 Å². The largest absolute Gasteiger partial charge is 0.492 e. The molecule has 0 aliphatic carbocycles. The maximum Gasteiger partial charge on any atom is 0.151 e. The fraction of sp³-hybridized carbons (Fsp3) is 0.154. The highest BCUT2D eigenvalue weighted by Gasteiger charge is 2.40. The molecule has 0 bridgehead atoms. The molecule has 0 spiro atoms. The molecule has 3 aromatic carbocycles. The highest BCUT2D eigenvalue weighted by Crippen LogP contribution is 2.43. The second-order valence-corrected chi connectivity index (χ2v) is 8.11. The van der Waals surface area contributed by atoms with Gasteiger partial charge in [0, 0.05) is 17.2 Å². The van der Waals surface area contributed by atoms with E-state index in [9.17, 15) is 4.39 Å². The molecular weight excluding hydrogens is 389 g/mol. The van der Waals surface area contributed by atoms with Crippen LogP contribution in [0.4, 0.5) is 10.2 Å². The molecule has 0 amide bonds. The number of aromatic nitrogens is 2. The minimum Gasteiger partial charge on any atom is -0.492 e. The van der Waals surface area contributed by atoms with Crippen LogP contribution in [-0.4, -0.2) is 22.1 Å². The van der Waals surface area contributed by atoms with Crippen molar-refractivity contribution in [2.75, 3.05) is 6.61 Å². The fourth-order valence-corrected chi connectivity index (χ4v) is 4.51. The van der Waals surface area contributed by atoms with Crippen LogP contribution in [0.25, 0.3) is 11.3 Å². The van der Waals surface area contributed by atoms with Crippen LogP contribution in [0.2, 0.25) is 0 Å². The van der Waals surface area contributed by atoms with Crippen molar-refractivity contribution < 1.29 is 9.13 Å². The van der Waals surface area contributed by atoms with E-state index < -0.39 is 0 Å². The van der Waals surface area contributed by atoms with Crippen LogP contribution >= 0.6 is 0 Å². The lowest BCUT2D eigenvalue weighted by molar-refractivity contribution is 0.235. The molecule has 1 aromatic heterocycles. The normalized spacial score (nSPS) is 19.0. The van der Waals surface area contributed by atoms with E-state index in [2.05, 4.69) is 37.3 Å². The van der Waals surface area contributed by atoms with Crippen molar-refractivity contribution in [2.45, 2.75) is 13.0 Å². The average Bonchev–Trinajstić information content (AvgIpc) is 3.22. The summed E-state index contributed by atoms with van der Waals surface area (Å²) in [6.07, 6.45) is 0. The summed E-state index contributed by atoms with van der Waals surface area (Å²) < 4.78 is 21.7. The lowest BCUT2D eigenvalue weighted by Gasteiger charge is -2.36. The first-order valence-corrected chi connectivity index (χ1v) is 10.4. The number of aliphatic imine (C=N–C) groups is 1. The van der Waals surface area contributed by atoms with Crippen molar-refractivity contribution >= 4 is 11.5 Å². The second kappa shape index (κ2) is 6.91. The zero-order valence-electron chi connectivity index (χ0n) is 17.0. The van der Waals surface area contributed by atoms with Gasteiger partial charge in [-0.15, -0.1) is 0 Å². The first kappa shape index (κ1) is 18.1. The number of fused-ring (bicyclic) bond motifs is 4. The summed E-state index contributed by atoms with van der Waals surface area (Å²) in [5, 5.41) is 4.94. The van der Waals surface area contributed by atoms with Crippen LogP contribution in [0.5, 0.6) is 5.75 Å². The molecular formula is C26H20FN3O. The van der Waals surface area contributed by atoms with Crippen LogP contribution in [0.3, 0.4) is 0 Å². The molecule has 2 aliphatic rings. The average molecular weight is 409 g/mol. The van der Waals surface area contributed by atoms with Gasteiger partial charge in [0.2, 0.25) is 0 Å². The van der Waals surface area contributed by atoms with Crippen molar-refractivity contribution in [3.05, 3.63) is 101 Å². The maximum atomic E-state index is 13.7. The number of rotatable bonds is 2. The van der Waals surface area contributed by atoms with Crippen LogP contribution in [-0.2, 0) is 0 Å². The Bertz CT molecular complexity index is 1310. The summed E-state index contributed by atoms with van der Waals surface area (Å²) in [7, 11) is 0. The number of halogens is 1. The molecule has 0 saturated heterocycles. The number of para-hydroxylation sites is 1. The van der Waals surface area contributed by atoms with E-state index >= 15 is 0 Å². The van der Waals surface area contributed by atoms with Gasteiger partial charge in [-0.25, -0.2) is 14.1 Å². The number of benzene rings is 3. The second-order valence-electron chi connectivity index (χ2n) is 8.11. The van der Waals surface area contributed by atoms with Gasteiger partial charge in [-0.1, -0.05) is 54.1 Å². The number of aryl methyl sites for hydroxylation is 1. The summed E-state index contributed by atoms with van der Waals surface area (Å²) in [6, 6.07) is 24.9. The molecule has 2 aliphatic heterocycles. The zero-order chi connectivity index (χ0) is 20.9. The Labute approximate surface area is 179 Å². The molecule has 0 unspecified atom stereocenters. The fourth-order valence-electron chi connectivity index (χ4n) is 4.51. The SMILES string of the molecule is Cc1ccc(-c2cc3n(n2)[C@H](c2ccc(F)cc2)[C@H]2COc4ccccc4C2=N3)cc1. The van der Waals surface area contributed by atoms with Crippen molar-refractivity contribution in [3.63, 3.8) is 0 Å². The topological polar surface area (TPSA) is 39.4 Å². The van der Waals surface area contributed by atoms with Crippen LogP contribution in [0, 0.1) is 18.7 Å². The Kier molecular flexibility index (Phi) is 4.03. The Hall–Kier alpha value is -3.73. The van der Waals surface area contributed by atoms with E-state index in [1.54, 1.807) is 0 Å². The van der Waals surface area contributed by atoms with Gasteiger partial charge in [0.05, 0.1) is 30.0 Å². The molecule has 31 heavy (non-hydrogen) atoms. The number of ether oxygens (including phenoxy) is 1. The van der Waals surface area contributed by atoms with E-state index in [1.165, 1.54) is 17.7 Å². The summed E-state index contributed by atoms with van der Waals surface area (Å²) in [6.45, 7) is 2.57. The Morgan fingerprint density at radius 1 is 0.968 bits per heavy atom. The standard InChI is InChI=1S/C26H20FN3O/c1-16-6-8-17(9-7-16)22-14-24-28-25-20-4-2-3-5-23(20)31-15-21(25)26(30(24)29-22)18-10-12-19(27)13-11-18/h2-14,21,26H,15H2,1H3/t21-,26+/m0/s1. The number of nitrogens with zero attached hydrogens (tertiary/aromatic N) is 3. The molecule has 0 radical (unpaired) electrons. The van der Waals surface area contributed by atoms with E-state index in [4.69, 9.17) is 14.8 Å². The summed E-state index contributed by atoms with van der Waals surface area (Å²) >= 11 is 0. The zero-order valence-corrected chi connectivity index (χ0v) is 17.0. The monoisotopic (exact) mass is 409 g/mol. The van der Waals surface area contributed by atoms with E-state index in [-0.39, 0.29) is 17.8 Å². The van der Waals surface area contributed by atoms with Gasteiger partial charge in [0.15, 0.2) is 5.82 Å². The molecule has 0 N–H and O–H groups in total. The predicted molar refractivity (Wildman–Crippen MR) is 119 cm³/mol. The minimum atomic E-state index is -0.250. The predicted octanol–water partition coefficient (Wildman–Crippen LogP) is 5.73. The Morgan fingerprint density at radius 3 is 2.55 bits per heavy atom. The third-order valence-electron chi connectivity index (χ3n) is 6.09. The summed E-state index contributed by atoms with van der Waals surface area (Å²) in [5.74, 6) is 1.38. The summed E-state index contributed by atoms with van der Waals surface area (Å²) in [4.78, 5) is 5.03. The molecule has 152 valence electrons. The highest BCUT2D eigenvalue weighted by molar-refractivity contribution is 6.07. The summed E-state index contributed by atoms with van der Waals surface area (Å²) in [5.41, 5.74) is 6.12. The van der Waals surface area contributed by atoms with E-state index in [0.29, 0.717) is 6.61 Å². The molecule has 2 atom stereocenters. The van der Waals surface area contributed by atoms with Crippen LogP contribution in [0.15, 0.2) is 83.9 Å². The van der Waals surface area contributed by atoms with Gasteiger partial charge >= 0.3 is 0 Å². The van der Waals surface area contributed by atoms with Gasteiger partial charge in [-0.3, -0.25) is 0 Å². The molecule has 0 fully saturated rings. The molecule has 6 rings (SSSR count). The number of hydrogen-bond acceptors (Lipinski definition) is 3.